The van der Waals surface area contributed by atoms with Crippen LogP contribution in [0.4, 0.5) is 16.2 Å². The number of ether oxygens (including phenoxy) is 1. The Hall–Kier alpha value is -2.54. The summed E-state index contributed by atoms with van der Waals surface area (Å²) in [5.41, 5.74) is 1.31. The molecule has 3 amide bonds. The minimum absolute atomic E-state index is 0.0765. The van der Waals surface area contributed by atoms with Crippen LogP contribution >= 0.6 is 11.3 Å². The van der Waals surface area contributed by atoms with Crippen molar-refractivity contribution in [2.45, 2.75) is 19.4 Å². The molecule has 0 spiro atoms. The average molecular weight is 345 g/mol. The van der Waals surface area contributed by atoms with Gasteiger partial charge in [0.2, 0.25) is 5.91 Å². The largest absolute Gasteiger partial charge is 0.495 e. The molecule has 3 rings (SSSR count). The van der Waals surface area contributed by atoms with Crippen molar-refractivity contribution >= 4 is 34.6 Å². The quantitative estimate of drug-likeness (QED) is 0.874. The van der Waals surface area contributed by atoms with E-state index in [2.05, 4.69) is 10.6 Å². The molecule has 6 nitrogen and oxygen atoms in total. The third kappa shape index (κ3) is 3.68. The van der Waals surface area contributed by atoms with Crippen molar-refractivity contribution in [1.29, 1.82) is 0 Å². The van der Waals surface area contributed by atoms with Crippen LogP contribution in [0, 0.1) is 0 Å². The molecule has 0 atom stereocenters. The highest BCUT2D eigenvalue weighted by atomic mass is 32.1. The van der Waals surface area contributed by atoms with Crippen molar-refractivity contribution in [3.8, 4) is 5.75 Å². The Morgan fingerprint density at radius 1 is 1.38 bits per heavy atom. The first kappa shape index (κ1) is 16.3. The average Bonchev–Trinajstić information content (AvgIpc) is 3.24. The number of hydrogen-bond donors (Lipinski definition) is 2. The molecule has 24 heavy (non-hydrogen) atoms. The topological polar surface area (TPSA) is 70.7 Å². The molecule has 7 heteroatoms. The first-order chi connectivity index (χ1) is 11.7. The SMILES string of the molecule is COc1ccc(NC(=O)NCc2cccs2)cc1N1CCCC1=O. The number of urea groups is 1. The van der Waals surface area contributed by atoms with Gasteiger partial charge in [0.25, 0.3) is 0 Å². The summed E-state index contributed by atoms with van der Waals surface area (Å²) < 4.78 is 5.34. The van der Waals surface area contributed by atoms with Crippen LogP contribution in [-0.2, 0) is 11.3 Å². The van der Waals surface area contributed by atoms with Crippen LogP contribution in [0.2, 0.25) is 0 Å². The molecular weight excluding hydrogens is 326 g/mol. The van der Waals surface area contributed by atoms with Gasteiger partial charge in [-0.2, -0.15) is 0 Å². The van der Waals surface area contributed by atoms with E-state index in [1.165, 1.54) is 0 Å². The van der Waals surface area contributed by atoms with E-state index >= 15 is 0 Å². The Bertz CT molecular complexity index is 731. The summed E-state index contributed by atoms with van der Waals surface area (Å²) in [6.07, 6.45) is 1.38. The van der Waals surface area contributed by atoms with Gasteiger partial charge in [0.15, 0.2) is 0 Å². The summed E-state index contributed by atoms with van der Waals surface area (Å²) in [4.78, 5) is 26.8. The van der Waals surface area contributed by atoms with Gasteiger partial charge in [-0.3, -0.25) is 4.79 Å². The zero-order valence-electron chi connectivity index (χ0n) is 13.4. The fourth-order valence-corrected chi connectivity index (χ4v) is 3.28. The highest BCUT2D eigenvalue weighted by Gasteiger charge is 2.24. The van der Waals surface area contributed by atoms with Crippen LogP contribution < -0.4 is 20.3 Å². The summed E-state index contributed by atoms with van der Waals surface area (Å²) in [5.74, 6) is 0.697. The van der Waals surface area contributed by atoms with E-state index in [1.807, 2.05) is 17.5 Å². The van der Waals surface area contributed by atoms with E-state index in [-0.39, 0.29) is 11.9 Å². The third-order valence-corrected chi connectivity index (χ3v) is 4.68. The number of thiophene rings is 1. The van der Waals surface area contributed by atoms with Crippen LogP contribution in [0.15, 0.2) is 35.7 Å². The second-order valence-corrected chi connectivity index (χ2v) is 6.45. The molecule has 1 saturated heterocycles. The van der Waals surface area contributed by atoms with Gasteiger partial charge in [0.05, 0.1) is 19.3 Å². The molecule has 0 aliphatic carbocycles. The lowest BCUT2D eigenvalue weighted by atomic mass is 10.2. The number of carbonyl (C=O) groups excluding carboxylic acids is 2. The molecule has 0 radical (unpaired) electrons. The molecule has 1 aliphatic rings. The number of anilines is 2. The van der Waals surface area contributed by atoms with Crippen LogP contribution in [0.3, 0.4) is 0 Å². The highest BCUT2D eigenvalue weighted by molar-refractivity contribution is 7.09. The van der Waals surface area contributed by atoms with Gasteiger partial charge in [0.1, 0.15) is 5.75 Å². The Morgan fingerprint density at radius 2 is 2.25 bits per heavy atom. The molecule has 0 unspecified atom stereocenters. The van der Waals surface area contributed by atoms with Gasteiger partial charge in [-0.25, -0.2) is 4.79 Å². The van der Waals surface area contributed by atoms with Crippen LogP contribution in [0.25, 0.3) is 0 Å². The molecule has 1 aromatic carbocycles. The molecule has 126 valence electrons. The van der Waals surface area contributed by atoms with Crippen LogP contribution in [0.1, 0.15) is 17.7 Å². The Labute approximate surface area is 144 Å². The highest BCUT2D eigenvalue weighted by Crippen LogP contribution is 2.33. The number of benzene rings is 1. The third-order valence-electron chi connectivity index (χ3n) is 3.80. The Balaban J connectivity index is 1.69. The predicted molar refractivity (Wildman–Crippen MR) is 94.8 cm³/mol. The van der Waals surface area contributed by atoms with Crippen molar-refractivity contribution in [1.82, 2.24) is 5.32 Å². The van der Waals surface area contributed by atoms with Crippen molar-refractivity contribution in [3.05, 3.63) is 40.6 Å². The predicted octanol–water partition coefficient (Wildman–Crippen LogP) is 3.21. The fourth-order valence-electron chi connectivity index (χ4n) is 2.64. The van der Waals surface area contributed by atoms with Gasteiger partial charge >= 0.3 is 6.03 Å². The number of rotatable bonds is 5. The van der Waals surface area contributed by atoms with Crippen molar-refractivity contribution < 1.29 is 14.3 Å². The number of nitrogens with zero attached hydrogens (tertiary/aromatic N) is 1. The van der Waals surface area contributed by atoms with Gasteiger partial charge in [-0.1, -0.05) is 6.07 Å². The standard InChI is InChI=1S/C17H19N3O3S/c1-23-15-7-6-12(10-14(15)20-8-2-5-16(20)21)19-17(22)18-11-13-4-3-9-24-13/h3-4,6-7,9-10H,2,5,8,11H2,1H3,(H2,18,19,22). The van der Waals surface area contributed by atoms with E-state index in [0.29, 0.717) is 36.6 Å². The molecule has 1 fully saturated rings. The molecule has 1 aromatic heterocycles. The van der Waals surface area contributed by atoms with E-state index in [4.69, 9.17) is 4.74 Å². The van der Waals surface area contributed by atoms with E-state index < -0.39 is 0 Å². The van der Waals surface area contributed by atoms with E-state index in [9.17, 15) is 9.59 Å². The van der Waals surface area contributed by atoms with E-state index in [0.717, 1.165) is 11.3 Å². The second kappa shape index (κ2) is 7.35. The maximum atomic E-state index is 12.0. The molecule has 2 heterocycles. The van der Waals surface area contributed by atoms with Crippen molar-refractivity contribution in [2.24, 2.45) is 0 Å². The Kier molecular flexibility index (Phi) is 5.00. The maximum Gasteiger partial charge on any atom is 0.319 e. The van der Waals surface area contributed by atoms with Crippen LogP contribution in [-0.4, -0.2) is 25.6 Å². The lowest BCUT2D eigenvalue weighted by molar-refractivity contribution is -0.117. The van der Waals surface area contributed by atoms with Gasteiger partial charge in [0, 0.05) is 23.5 Å². The minimum atomic E-state index is -0.285. The molecular formula is C17H19N3O3S. The van der Waals surface area contributed by atoms with Gasteiger partial charge < -0.3 is 20.3 Å². The molecule has 1 aliphatic heterocycles. The van der Waals surface area contributed by atoms with Gasteiger partial charge in [-0.05, 0) is 36.1 Å². The summed E-state index contributed by atoms with van der Waals surface area (Å²) in [6.45, 7) is 1.15. The Morgan fingerprint density at radius 3 is 2.92 bits per heavy atom. The second-order valence-electron chi connectivity index (χ2n) is 5.42. The molecule has 0 bridgehead atoms. The fraction of sp³-hybridized carbons (Fsp3) is 0.294. The maximum absolute atomic E-state index is 12.0. The lowest BCUT2D eigenvalue weighted by Crippen LogP contribution is -2.28. The summed E-state index contributed by atoms with van der Waals surface area (Å²) in [5, 5.41) is 7.57. The summed E-state index contributed by atoms with van der Waals surface area (Å²) in [6, 6.07) is 8.92. The van der Waals surface area contributed by atoms with E-state index in [1.54, 1.807) is 41.5 Å². The molecule has 2 N–H and O–H groups in total. The molecule has 0 saturated carbocycles. The number of carbonyl (C=O) groups is 2. The first-order valence-corrected chi connectivity index (χ1v) is 8.61. The summed E-state index contributed by atoms with van der Waals surface area (Å²) >= 11 is 1.59. The van der Waals surface area contributed by atoms with Crippen molar-refractivity contribution in [3.63, 3.8) is 0 Å². The lowest BCUT2D eigenvalue weighted by Gasteiger charge is -2.20. The van der Waals surface area contributed by atoms with Crippen molar-refractivity contribution in [2.75, 3.05) is 23.9 Å². The zero-order chi connectivity index (χ0) is 16.9. The number of methoxy groups -OCH3 is 1. The first-order valence-electron chi connectivity index (χ1n) is 7.73. The zero-order valence-corrected chi connectivity index (χ0v) is 14.2. The molecule has 2 aromatic rings. The minimum Gasteiger partial charge on any atom is -0.495 e. The number of nitrogens with one attached hydrogen (secondary N) is 2. The smallest absolute Gasteiger partial charge is 0.319 e. The van der Waals surface area contributed by atoms with Crippen LogP contribution in [0.5, 0.6) is 5.75 Å². The number of hydrogen-bond acceptors (Lipinski definition) is 4. The monoisotopic (exact) mass is 345 g/mol. The summed E-state index contributed by atoms with van der Waals surface area (Å²) in [7, 11) is 1.57. The number of amides is 3. The normalized spacial score (nSPS) is 13.9. The van der Waals surface area contributed by atoms with Gasteiger partial charge in [-0.15, -0.1) is 11.3 Å².